The molecule has 0 atom stereocenters. The number of halogens is 2. The molecule has 0 aliphatic rings. The maximum atomic E-state index is 13.2. The summed E-state index contributed by atoms with van der Waals surface area (Å²) in [7, 11) is -3.94. The predicted octanol–water partition coefficient (Wildman–Crippen LogP) is 2.78. The average molecular weight is 364 g/mol. The van der Waals surface area contributed by atoms with Gasteiger partial charge in [0.1, 0.15) is 23.1 Å². The third-order valence-corrected chi connectivity index (χ3v) is 4.82. The maximum Gasteiger partial charge on any atom is 0.266 e. The summed E-state index contributed by atoms with van der Waals surface area (Å²) in [5.41, 5.74) is 0.723. The molecule has 8 heteroatoms. The fourth-order valence-electron chi connectivity index (χ4n) is 1.56. The van der Waals surface area contributed by atoms with Gasteiger partial charge in [-0.3, -0.25) is 4.72 Å². The van der Waals surface area contributed by atoms with Crippen molar-refractivity contribution in [1.82, 2.24) is 0 Å². The van der Waals surface area contributed by atoms with E-state index in [0.717, 1.165) is 6.07 Å². The lowest BCUT2D eigenvalue weighted by molar-refractivity contribution is 0.245. The first-order valence-corrected chi connectivity index (χ1v) is 7.79. The van der Waals surface area contributed by atoms with E-state index in [1.54, 1.807) is 6.92 Å². The van der Waals surface area contributed by atoms with Gasteiger partial charge in [-0.05, 0) is 40.5 Å². The van der Waals surface area contributed by atoms with Crippen LogP contribution in [0.5, 0.6) is 0 Å². The molecule has 2 rings (SSSR count). The van der Waals surface area contributed by atoms with Crippen molar-refractivity contribution in [3.8, 4) is 0 Å². The molecular weight excluding hydrogens is 353 g/mol. The molecular formula is C12H11BrFNO4S. The average Bonchev–Trinajstić information content (AvgIpc) is 2.76. The Hall–Kier alpha value is -1.38. The van der Waals surface area contributed by atoms with Gasteiger partial charge in [0, 0.05) is 6.07 Å². The van der Waals surface area contributed by atoms with E-state index in [9.17, 15) is 12.8 Å². The summed E-state index contributed by atoms with van der Waals surface area (Å²) >= 11 is 2.97. The van der Waals surface area contributed by atoms with Crippen LogP contribution in [-0.4, -0.2) is 13.5 Å². The van der Waals surface area contributed by atoms with Gasteiger partial charge >= 0.3 is 0 Å². The first kappa shape index (κ1) is 15.0. The number of nitrogens with one attached hydrogen (secondary N) is 1. The van der Waals surface area contributed by atoms with Gasteiger partial charge in [0.25, 0.3) is 10.0 Å². The van der Waals surface area contributed by atoms with E-state index in [4.69, 9.17) is 9.52 Å². The number of aliphatic hydroxyl groups is 1. The van der Waals surface area contributed by atoms with Crippen molar-refractivity contribution in [2.75, 3.05) is 4.72 Å². The molecule has 2 N–H and O–H groups in total. The van der Waals surface area contributed by atoms with Gasteiger partial charge in [-0.25, -0.2) is 12.8 Å². The lowest BCUT2D eigenvalue weighted by Crippen LogP contribution is -2.13. The van der Waals surface area contributed by atoms with Crippen molar-refractivity contribution in [2.24, 2.45) is 0 Å². The lowest BCUT2D eigenvalue weighted by Gasteiger charge is -2.09. The van der Waals surface area contributed by atoms with Gasteiger partial charge in [0.2, 0.25) is 0 Å². The van der Waals surface area contributed by atoms with E-state index in [-0.39, 0.29) is 21.0 Å². The molecule has 0 aliphatic heterocycles. The zero-order valence-corrected chi connectivity index (χ0v) is 12.8. The SMILES string of the molecule is Cc1ccc(F)cc1NS(=O)(=O)c1cc(CO)oc1Br. The molecule has 5 nitrogen and oxygen atoms in total. The van der Waals surface area contributed by atoms with E-state index in [1.165, 1.54) is 18.2 Å². The summed E-state index contributed by atoms with van der Waals surface area (Å²) in [5, 5.41) is 8.93. The van der Waals surface area contributed by atoms with Gasteiger partial charge in [-0.2, -0.15) is 0 Å². The van der Waals surface area contributed by atoms with Gasteiger partial charge in [0.15, 0.2) is 4.67 Å². The van der Waals surface area contributed by atoms with Gasteiger partial charge in [-0.1, -0.05) is 6.07 Å². The predicted molar refractivity (Wildman–Crippen MR) is 74.3 cm³/mol. The van der Waals surface area contributed by atoms with E-state index in [0.29, 0.717) is 5.56 Å². The first-order valence-electron chi connectivity index (χ1n) is 5.51. The Labute approximate surface area is 123 Å². The molecule has 0 saturated carbocycles. The summed E-state index contributed by atoms with van der Waals surface area (Å²) in [6, 6.07) is 5.00. The molecule has 2 aromatic rings. The van der Waals surface area contributed by atoms with Crippen molar-refractivity contribution >= 4 is 31.6 Å². The Balaban J connectivity index is 2.40. The molecule has 0 radical (unpaired) electrons. The van der Waals surface area contributed by atoms with E-state index in [2.05, 4.69) is 20.7 Å². The highest BCUT2D eigenvalue weighted by molar-refractivity contribution is 9.10. The van der Waals surface area contributed by atoms with Crippen molar-refractivity contribution in [2.45, 2.75) is 18.4 Å². The van der Waals surface area contributed by atoms with Crippen LogP contribution in [0.15, 0.2) is 38.2 Å². The highest BCUT2D eigenvalue weighted by atomic mass is 79.9. The zero-order chi connectivity index (χ0) is 14.9. The number of aryl methyl sites for hydroxylation is 1. The smallest absolute Gasteiger partial charge is 0.266 e. The summed E-state index contributed by atoms with van der Waals surface area (Å²) < 4.78 is 44.9. The number of anilines is 1. The second kappa shape index (κ2) is 5.55. The van der Waals surface area contributed by atoms with Crippen molar-refractivity contribution in [3.05, 3.63) is 46.1 Å². The minimum Gasteiger partial charge on any atom is -0.450 e. The zero-order valence-electron chi connectivity index (χ0n) is 10.4. The summed E-state index contributed by atoms with van der Waals surface area (Å²) in [6.07, 6.45) is 0. The van der Waals surface area contributed by atoms with Crippen LogP contribution in [0.3, 0.4) is 0 Å². The van der Waals surface area contributed by atoms with Crippen LogP contribution < -0.4 is 4.72 Å². The Kier molecular flexibility index (Phi) is 4.17. The van der Waals surface area contributed by atoms with Crippen LogP contribution in [0, 0.1) is 12.7 Å². The number of hydrogen-bond donors (Lipinski definition) is 2. The quantitative estimate of drug-likeness (QED) is 0.875. The Bertz CT molecular complexity index is 742. The monoisotopic (exact) mass is 363 g/mol. The minimum absolute atomic E-state index is 0.0249. The van der Waals surface area contributed by atoms with E-state index < -0.39 is 22.4 Å². The Morgan fingerprint density at radius 3 is 2.70 bits per heavy atom. The molecule has 1 aromatic carbocycles. The molecule has 0 spiro atoms. The highest BCUT2D eigenvalue weighted by Gasteiger charge is 2.23. The minimum atomic E-state index is -3.94. The molecule has 0 amide bonds. The maximum absolute atomic E-state index is 13.2. The lowest BCUT2D eigenvalue weighted by atomic mass is 10.2. The number of rotatable bonds is 4. The molecule has 1 aromatic heterocycles. The topological polar surface area (TPSA) is 79.5 Å². The highest BCUT2D eigenvalue weighted by Crippen LogP contribution is 2.28. The van der Waals surface area contributed by atoms with E-state index in [1.807, 2.05) is 0 Å². The third-order valence-electron chi connectivity index (χ3n) is 2.60. The molecule has 1 heterocycles. The summed E-state index contributed by atoms with van der Waals surface area (Å²) in [4.78, 5) is -0.162. The number of aliphatic hydroxyl groups excluding tert-OH is 1. The number of furan rings is 1. The first-order chi connectivity index (χ1) is 9.33. The second-order valence-electron chi connectivity index (χ2n) is 4.07. The number of sulfonamides is 1. The van der Waals surface area contributed by atoms with E-state index >= 15 is 0 Å². The van der Waals surface area contributed by atoms with Crippen LogP contribution in [0.4, 0.5) is 10.1 Å². The van der Waals surface area contributed by atoms with Crippen LogP contribution in [0.1, 0.15) is 11.3 Å². The summed E-state index contributed by atoms with van der Waals surface area (Å²) in [6.45, 7) is 1.23. The molecule has 108 valence electrons. The summed E-state index contributed by atoms with van der Waals surface area (Å²) in [5.74, 6) is -0.441. The van der Waals surface area contributed by atoms with Gasteiger partial charge in [0.05, 0.1) is 5.69 Å². The standard InChI is InChI=1S/C12H11BrFNO4S/c1-7-2-3-8(14)4-10(7)15-20(17,18)11-5-9(6-16)19-12(11)13/h2-5,15-16H,6H2,1H3. The number of benzene rings is 1. The van der Waals surface area contributed by atoms with Gasteiger partial charge in [-0.15, -0.1) is 0 Å². The van der Waals surface area contributed by atoms with Gasteiger partial charge < -0.3 is 9.52 Å². The van der Waals surface area contributed by atoms with Crippen LogP contribution in [0.2, 0.25) is 0 Å². The van der Waals surface area contributed by atoms with Crippen LogP contribution in [-0.2, 0) is 16.6 Å². The van der Waals surface area contributed by atoms with Crippen LogP contribution in [0.25, 0.3) is 0 Å². The fourth-order valence-corrected chi connectivity index (χ4v) is 3.68. The molecule has 0 unspecified atom stereocenters. The van der Waals surface area contributed by atoms with Crippen LogP contribution >= 0.6 is 15.9 Å². The third kappa shape index (κ3) is 3.02. The van der Waals surface area contributed by atoms with Crippen molar-refractivity contribution in [1.29, 1.82) is 0 Å². The fraction of sp³-hybridized carbons (Fsp3) is 0.167. The molecule has 0 aliphatic carbocycles. The second-order valence-corrected chi connectivity index (χ2v) is 6.44. The molecule has 0 bridgehead atoms. The van der Waals surface area contributed by atoms with Crippen molar-refractivity contribution < 1.29 is 22.3 Å². The van der Waals surface area contributed by atoms with Crippen molar-refractivity contribution in [3.63, 3.8) is 0 Å². The Morgan fingerprint density at radius 2 is 2.10 bits per heavy atom. The molecule has 0 fully saturated rings. The normalized spacial score (nSPS) is 11.6. The number of hydrogen-bond acceptors (Lipinski definition) is 4. The largest absolute Gasteiger partial charge is 0.450 e. The molecule has 20 heavy (non-hydrogen) atoms. The molecule has 0 saturated heterocycles. The Morgan fingerprint density at radius 1 is 1.40 bits per heavy atom.